The van der Waals surface area contributed by atoms with E-state index in [1.165, 1.54) is 7.11 Å². The van der Waals surface area contributed by atoms with Gasteiger partial charge in [-0.25, -0.2) is 9.78 Å². The third-order valence-electron chi connectivity index (χ3n) is 2.81. The van der Waals surface area contributed by atoms with Gasteiger partial charge in [0.15, 0.2) is 5.69 Å². The Morgan fingerprint density at radius 2 is 2.16 bits per heavy atom. The summed E-state index contributed by atoms with van der Waals surface area (Å²) >= 11 is 0. The minimum atomic E-state index is -1.23. The summed E-state index contributed by atoms with van der Waals surface area (Å²) in [6, 6.07) is 4.43. The highest BCUT2D eigenvalue weighted by molar-refractivity contribution is 5.97. The van der Waals surface area contributed by atoms with Crippen LogP contribution >= 0.6 is 0 Å². The molecule has 1 heterocycles. The molecule has 0 fully saturated rings. The fraction of sp³-hybridized carbons (Fsp3) is 0.231. The molecular weight excluding hydrogens is 250 g/mol. The van der Waals surface area contributed by atoms with Gasteiger partial charge in [0.05, 0.1) is 7.11 Å². The highest BCUT2D eigenvalue weighted by atomic mass is 16.5. The van der Waals surface area contributed by atoms with E-state index >= 15 is 0 Å². The fourth-order valence-electron chi connectivity index (χ4n) is 1.97. The van der Waals surface area contributed by atoms with Crippen LogP contribution in [0.3, 0.4) is 0 Å². The zero-order chi connectivity index (χ0) is 14.0. The molecule has 0 saturated carbocycles. The fourth-order valence-corrected chi connectivity index (χ4v) is 1.97. The summed E-state index contributed by atoms with van der Waals surface area (Å²) in [7, 11) is 1.44. The van der Waals surface area contributed by atoms with E-state index in [1.54, 1.807) is 12.1 Å². The van der Waals surface area contributed by atoms with Gasteiger partial charge in [-0.15, -0.1) is 0 Å². The van der Waals surface area contributed by atoms with Gasteiger partial charge in [0.1, 0.15) is 17.0 Å². The van der Waals surface area contributed by atoms with Crippen molar-refractivity contribution in [3.63, 3.8) is 0 Å². The number of fused-ring (bicyclic) bond motifs is 1. The van der Waals surface area contributed by atoms with E-state index in [0.29, 0.717) is 23.1 Å². The first-order valence-corrected chi connectivity index (χ1v) is 5.62. The summed E-state index contributed by atoms with van der Waals surface area (Å²) in [4.78, 5) is 14.9. The van der Waals surface area contributed by atoms with Crippen LogP contribution in [-0.4, -0.2) is 40.0 Å². The Hall–Kier alpha value is -2.34. The van der Waals surface area contributed by atoms with E-state index in [9.17, 15) is 9.90 Å². The number of pyridine rings is 1. The lowest BCUT2D eigenvalue weighted by Gasteiger charge is -2.11. The van der Waals surface area contributed by atoms with Gasteiger partial charge in [-0.05, 0) is 18.1 Å². The molecule has 100 valence electrons. The minimum absolute atomic E-state index is 0.0818. The second-order valence-corrected chi connectivity index (χ2v) is 3.96. The second-order valence-electron chi connectivity index (χ2n) is 3.96. The molecule has 1 aromatic heterocycles. The number of hydrogen-bond acceptors (Lipinski definition) is 5. The van der Waals surface area contributed by atoms with Crippen LogP contribution in [-0.2, 0) is 6.42 Å². The Labute approximate surface area is 108 Å². The molecule has 0 atom stereocenters. The predicted molar refractivity (Wildman–Crippen MR) is 67.7 cm³/mol. The van der Waals surface area contributed by atoms with Crippen LogP contribution in [0.4, 0.5) is 0 Å². The van der Waals surface area contributed by atoms with Crippen LogP contribution in [0.1, 0.15) is 16.1 Å². The number of hydrogen-bond donors (Lipinski definition) is 3. The van der Waals surface area contributed by atoms with Crippen LogP contribution in [0.15, 0.2) is 18.2 Å². The Morgan fingerprint density at radius 3 is 2.74 bits per heavy atom. The van der Waals surface area contributed by atoms with E-state index in [1.807, 2.05) is 0 Å². The van der Waals surface area contributed by atoms with E-state index in [4.69, 9.17) is 14.9 Å². The van der Waals surface area contributed by atoms with Crippen LogP contribution in [0.2, 0.25) is 0 Å². The molecular formula is C13H13NO5. The number of nitrogens with zero attached hydrogens (tertiary/aromatic N) is 1. The lowest BCUT2D eigenvalue weighted by atomic mass is 10.0. The molecule has 6 heteroatoms. The number of rotatable bonds is 4. The standard InChI is InChI=1S/C13H13NO5/c1-19-10-3-2-7(4-5-15)11-9(16)6-8(13(17)18)14-12(10)11/h2-3,6,15H,4-5H2,1H3,(H,14,16)(H,17,18). The number of methoxy groups -OCH3 is 1. The van der Waals surface area contributed by atoms with Crippen molar-refractivity contribution in [1.82, 2.24) is 4.98 Å². The first-order valence-electron chi connectivity index (χ1n) is 5.62. The summed E-state index contributed by atoms with van der Waals surface area (Å²) in [5.41, 5.74) is 0.690. The quantitative estimate of drug-likeness (QED) is 0.766. The Morgan fingerprint density at radius 1 is 1.42 bits per heavy atom. The number of aliphatic hydroxyl groups excluding tert-OH is 1. The lowest BCUT2D eigenvalue weighted by Crippen LogP contribution is -2.03. The number of carbonyl (C=O) groups is 1. The van der Waals surface area contributed by atoms with Crippen molar-refractivity contribution in [3.8, 4) is 11.5 Å². The molecule has 0 aliphatic carbocycles. The summed E-state index contributed by atoms with van der Waals surface area (Å²) < 4.78 is 5.12. The van der Waals surface area contributed by atoms with E-state index in [2.05, 4.69) is 4.98 Å². The van der Waals surface area contributed by atoms with E-state index in [0.717, 1.165) is 6.07 Å². The van der Waals surface area contributed by atoms with Crippen molar-refractivity contribution >= 4 is 16.9 Å². The first kappa shape index (κ1) is 13.1. The van der Waals surface area contributed by atoms with Crippen molar-refractivity contribution in [2.24, 2.45) is 0 Å². The number of ether oxygens (including phenoxy) is 1. The molecule has 0 bridgehead atoms. The van der Waals surface area contributed by atoms with E-state index in [-0.39, 0.29) is 23.6 Å². The molecule has 19 heavy (non-hydrogen) atoms. The van der Waals surface area contributed by atoms with E-state index < -0.39 is 5.97 Å². The third-order valence-corrected chi connectivity index (χ3v) is 2.81. The highest BCUT2D eigenvalue weighted by Gasteiger charge is 2.16. The van der Waals surface area contributed by atoms with Gasteiger partial charge in [-0.2, -0.15) is 0 Å². The van der Waals surface area contributed by atoms with Gasteiger partial charge in [0.25, 0.3) is 0 Å². The van der Waals surface area contributed by atoms with Crippen molar-refractivity contribution in [2.75, 3.05) is 13.7 Å². The number of aromatic nitrogens is 1. The monoisotopic (exact) mass is 263 g/mol. The van der Waals surface area contributed by atoms with Crippen LogP contribution in [0.5, 0.6) is 11.5 Å². The number of aromatic hydroxyl groups is 1. The third kappa shape index (κ3) is 2.30. The molecule has 0 radical (unpaired) electrons. The Bertz CT molecular complexity index is 638. The predicted octanol–water partition coefficient (Wildman–Crippen LogP) is 1.18. The highest BCUT2D eigenvalue weighted by Crippen LogP contribution is 2.34. The van der Waals surface area contributed by atoms with Gasteiger partial charge in [-0.3, -0.25) is 0 Å². The largest absolute Gasteiger partial charge is 0.507 e. The van der Waals surface area contributed by atoms with Gasteiger partial charge >= 0.3 is 5.97 Å². The molecule has 0 amide bonds. The van der Waals surface area contributed by atoms with Crippen molar-refractivity contribution in [2.45, 2.75) is 6.42 Å². The van der Waals surface area contributed by atoms with Gasteiger partial charge in [-0.1, -0.05) is 6.07 Å². The average molecular weight is 263 g/mol. The second kappa shape index (κ2) is 5.11. The Balaban J connectivity index is 2.81. The molecule has 1 aromatic carbocycles. The van der Waals surface area contributed by atoms with Gasteiger partial charge in [0.2, 0.25) is 0 Å². The summed E-state index contributed by atoms with van der Waals surface area (Å²) in [6.07, 6.45) is 0.335. The number of aliphatic hydroxyl groups is 1. The zero-order valence-corrected chi connectivity index (χ0v) is 10.3. The number of carboxylic acids is 1. The van der Waals surface area contributed by atoms with Crippen LogP contribution < -0.4 is 4.74 Å². The van der Waals surface area contributed by atoms with Crippen molar-refractivity contribution in [3.05, 3.63) is 29.5 Å². The molecule has 2 rings (SSSR count). The van der Waals surface area contributed by atoms with Gasteiger partial charge in [0, 0.05) is 18.1 Å². The maximum atomic E-state index is 11.0. The van der Waals surface area contributed by atoms with Crippen LogP contribution in [0.25, 0.3) is 10.9 Å². The minimum Gasteiger partial charge on any atom is -0.507 e. The Kier molecular flexibility index (Phi) is 3.52. The number of benzene rings is 1. The maximum Gasteiger partial charge on any atom is 0.354 e. The smallest absolute Gasteiger partial charge is 0.354 e. The van der Waals surface area contributed by atoms with Crippen molar-refractivity contribution in [1.29, 1.82) is 0 Å². The molecule has 0 aliphatic rings. The average Bonchev–Trinajstić information content (AvgIpc) is 2.38. The van der Waals surface area contributed by atoms with Crippen LogP contribution in [0, 0.1) is 0 Å². The molecule has 0 aliphatic heterocycles. The number of aromatic carboxylic acids is 1. The zero-order valence-electron chi connectivity index (χ0n) is 10.3. The topological polar surface area (TPSA) is 99.9 Å². The molecule has 2 aromatic rings. The van der Waals surface area contributed by atoms with Crippen molar-refractivity contribution < 1.29 is 24.9 Å². The number of carboxylic acid groups (broad SMARTS) is 1. The molecule has 0 unspecified atom stereocenters. The SMILES string of the molecule is COc1ccc(CCO)c2c(O)cc(C(=O)O)nc12. The molecule has 0 spiro atoms. The molecule has 6 nitrogen and oxygen atoms in total. The summed E-state index contributed by atoms with van der Waals surface area (Å²) in [6.45, 7) is -0.0818. The lowest BCUT2D eigenvalue weighted by molar-refractivity contribution is 0.0690. The summed E-state index contributed by atoms with van der Waals surface area (Å²) in [5.74, 6) is -1.05. The molecule has 3 N–H and O–H groups in total. The first-order chi connectivity index (χ1) is 9.08. The van der Waals surface area contributed by atoms with Gasteiger partial charge < -0.3 is 20.1 Å². The maximum absolute atomic E-state index is 11.0. The normalized spacial score (nSPS) is 10.6. The summed E-state index contributed by atoms with van der Waals surface area (Å²) in [5, 5.41) is 28.4. The molecule has 0 saturated heterocycles.